The van der Waals surface area contributed by atoms with Crippen molar-refractivity contribution in [3.05, 3.63) is 51.7 Å². The summed E-state index contributed by atoms with van der Waals surface area (Å²) in [6.07, 6.45) is 0. The summed E-state index contributed by atoms with van der Waals surface area (Å²) in [6, 6.07) is 9.94. The third kappa shape index (κ3) is 3.64. The lowest BCUT2D eigenvalue weighted by molar-refractivity contribution is 0.0945. The van der Waals surface area contributed by atoms with Crippen LogP contribution in [0.3, 0.4) is 0 Å². The van der Waals surface area contributed by atoms with E-state index in [9.17, 15) is 4.79 Å². The number of hydrogen-bond acceptors (Lipinski definition) is 3. The van der Waals surface area contributed by atoms with E-state index in [0.29, 0.717) is 6.54 Å². The summed E-state index contributed by atoms with van der Waals surface area (Å²) in [5, 5.41) is 8.20. The van der Waals surface area contributed by atoms with Crippen LogP contribution in [0.25, 0.3) is 0 Å². The highest BCUT2D eigenvalue weighted by molar-refractivity contribution is 7.10. The maximum absolute atomic E-state index is 12.4. The lowest BCUT2D eigenvalue weighted by Gasteiger charge is -2.24. The highest BCUT2D eigenvalue weighted by atomic mass is 32.1. The molecular weight excluding hydrogens is 280 g/mol. The number of hydrogen-bond donors (Lipinski definition) is 2. The summed E-state index contributed by atoms with van der Waals surface area (Å²) in [6.45, 7) is 6.88. The molecule has 3 nitrogen and oxygen atoms in total. The Kier molecular flexibility index (Phi) is 4.68. The van der Waals surface area contributed by atoms with Crippen LogP contribution in [0, 0.1) is 6.92 Å². The lowest BCUT2D eigenvalue weighted by atomic mass is 9.91. The largest absolute Gasteiger partial charge is 0.388 e. The Hall–Kier alpha value is -1.81. The van der Waals surface area contributed by atoms with Gasteiger partial charge in [0, 0.05) is 35.1 Å². The summed E-state index contributed by atoms with van der Waals surface area (Å²) < 4.78 is 0. The van der Waals surface area contributed by atoms with Gasteiger partial charge in [0.25, 0.3) is 5.91 Å². The maximum Gasteiger partial charge on any atom is 0.251 e. The smallest absolute Gasteiger partial charge is 0.251 e. The molecule has 1 heterocycles. The van der Waals surface area contributed by atoms with E-state index in [4.69, 9.17) is 0 Å². The molecule has 0 bridgehead atoms. The molecule has 0 fully saturated rings. The second-order valence-corrected chi connectivity index (χ2v) is 6.77. The second kappa shape index (κ2) is 6.31. The van der Waals surface area contributed by atoms with E-state index < -0.39 is 0 Å². The van der Waals surface area contributed by atoms with Crippen LogP contribution in [-0.4, -0.2) is 19.5 Å². The molecule has 4 heteroatoms. The molecule has 0 atom stereocenters. The number of nitrogens with one attached hydrogen (secondary N) is 2. The van der Waals surface area contributed by atoms with Gasteiger partial charge in [-0.3, -0.25) is 4.79 Å². The van der Waals surface area contributed by atoms with Crippen molar-refractivity contribution in [2.24, 2.45) is 0 Å². The summed E-state index contributed by atoms with van der Waals surface area (Å²) in [4.78, 5) is 13.6. The fourth-order valence-electron chi connectivity index (χ4n) is 2.22. The normalized spacial score (nSPS) is 11.2. The standard InChI is InChI=1S/C17H22N2OS/c1-12-10-13(18-4)7-8-14(12)16(20)19-11-17(2,3)15-6-5-9-21-15/h5-10,18H,11H2,1-4H3,(H,19,20). The summed E-state index contributed by atoms with van der Waals surface area (Å²) in [5.74, 6) is -0.0141. The number of rotatable bonds is 5. The molecule has 1 aromatic carbocycles. The predicted molar refractivity (Wildman–Crippen MR) is 90.4 cm³/mol. The molecule has 0 aliphatic heterocycles. The minimum atomic E-state index is -0.0529. The van der Waals surface area contributed by atoms with Gasteiger partial charge in [0.15, 0.2) is 0 Å². The molecule has 0 aliphatic rings. The van der Waals surface area contributed by atoms with Crippen LogP contribution < -0.4 is 10.6 Å². The van der Waals surface area contributed by atoms with Crippen molar-refractivity contribution in [2.45, 2.75) is 26.2 Å². The number of aryl methyl sites for hydroxylation is 1. The number of carbonyl (C=O) groups is 1. The number of anilines is 1. The lowest BCUT2D eigenvalue weighted by Crippen LogP contribution is -2.36. The first-order valence-electron chi connectivity index (χ1n) is 7.04. The number of benzene rings is 1. The third-order valence-corrected chi connectivity index (χ3v) is 4.87. The van der Waals surface area contributed by atoms with E-state index in [1.165, 1.54) is 4.88 Å². The molecule has 2 rings (SSSR count). The topological polar surface area (TPSA) is 41.1 Å². The quantitative estimate of drug-likeness (QED) is 0.882. The molecule has 0 saturated carbocycles. The molecule has 0 spiro atoms. The van der Waals surface area contributed by atoms with Gasteiger partial charge in [-0.15, -0.1) is 11.3 Å². The van der Waals surface area contributed by atoms with Gasteiger partial charge in [0.2, 0.25) is 0 Å². The summed E-state index contributed by atoms with van der Waals surface area (Å²) in [5.41, 5.74) is 2.68. The van der Waals surface area contributed by atoms with Gasteiger partial charge < -0.3 is 10.6 Å². The average molecular weight is 302 g/mol. The maximum atomic E-state index is 12.4. The van der Waals surface area contributed by atoms with Crippen LogP contribution in [0.2, 0.25) is 0 Å². The van der Waals surface area contributed by atoms with Crippen LogP contribution in [0.5, 0.6) is 0 Å². The fourth-order valence-corrected chi connectivity index (χ4v) is 3.07. The zero-order chi connectivity index (χ0) is 15.5. The first-order valence-corrected chi connectivity index (χ1v) is 7.92. The van der Waals surface area contributed by atoms with Crippen LogP contribution in [0.4, 0.5) is 5.69 Å². The van der Waals surface area contributed by atoms with Gasteiger partial charge in [-0.2, -0.15) is 0 Å². The minimum absolute atomic E-state index is 0.0141. The van der Waals surface area contributed by atoms with E-state index in [2.05, 4.69) is 35.9 Å². The zero-order valence-electron chi connectivity index (χ0n) is 13.0. The van der Waals surface area contributed by atoms with Gasteiger partial charge >= 0.3 is 0 Å². The molecular formula is C17H22N2OS. The van der Waals surface area contributed by atoms with Crippen molar-refractivity contribution >= 4 is 22.9 Å². The van der Waals surface area contributed by atoms with Crippen molar-refractivity contribution in [3.63, 3.8) is 0 Å². The van der Waals surface area contributed by atoms with Crippen molar-refractivity contribution in [2.75, 3.05) is 18.9 Å². The molecule has 112 valence electrons. The Morgan fingerprint density at radius 2 is 2.05 bits per heavy atom. The van der Waals surface area contributed by atoms with Gasteiger partial charge in [0.05, 0.1) is 0 Å². The Morgan fingerprint density at radius 3 is 2.62 bits per heavy atom. The molecule has 0 radical (unpaired) electrons. The SMILES string of the molecule is CNc1ccc(C(=O)NCC(C)(C)c2cccs2)c(C)c1. The summed E-state index contributed by atoms with van der Waals surface area (Å²) >= 11 is 1.73. The van der Waals surface area contributed by atoms with E-state index >= 15 is 0 Å². The molecule has 0 saturated heterocycles. The number of thiophene rings is 1. The van der Waals surface area contributed by atoms with Crippen molar-refractivity contribution < 1.29 is 4.79 Å². The third-order valence-electron chi connectivity index (χ3n) is 3.64. The first kappa shape index (κ1) is 15.6. The number of amides is 1. The van der Waals surface area contributed by atoms with E-state index in [1.54, 1.807) is 11.3 Å². The average Bonchev–Trinajstić information content (AvgIpc) is 2.99. The molecule has 1 aromatic heterocycles. The second-order valence-electron chi connectivity index (χ2n) is 5.82. The number of carbonyl (C=O) groups excluding carboxylic acids is 1. The molecule has 2 aromatic rings. The predicted octanol–water partition coefficient (Wildman–Crippen LogP) is 3.81. The zero-order valence-corrected chi connectivity index (χ0v) is 13.8. The van der Waals surface area contributed by atoms with Crippen LogP contribution in [0.15, 0.2) is 35.7 Å². The molecule has 0 unspecified atom stereocenters. The van der Waals surface area contributed by atoms with Crippen LogP contribution >= 0.6 is 11.3 Å². The van der Waals surface area contributed by atoms with Crippen molar-refractivity contribution in [1.29, 1.82) is 0 Å². The van der Waals surface area contributed by atoms with Crippen LogP contribution in [-0.2, 0) is 5.41 Å². The van der Waals surface area contributed by atoms with Gasteiger partial charge in [-0.25, -0.2) is 0 Å². The fraction of sp³-hybridized carbons (Fsp3) is 0.353. The van der Waals surface area contributed by atoms with Gasteiger partial charge in [-0.1, -0.05) is 19.9 Å². The molecule has 2 N–H and O–H groups in total. The Bertz CT molecular complexity index is 618. The highest BCUT2D eigenvalue weighted by Gasteiger charge is 2.23. The Balaban J connectivity index is 2.05. The first-order chi connectivity index (χ1) is 9.94. The Labute approximate surface area is 130 Å². The molecule has 21 heavy (non-hydrogen) atoms. The highest BCUT2D eigenvalue weighted by Crippen LogP contribution is 2.26. The summed E-state index contributed by atoms with van der Waals surface area (Å²) in [7, 11) is 1.87. The van der Waals surface area contributed by atoms with Crippen molar-refractivity contribution in [3.8, 4) is 0 Å². The van der Waals surface area contributed by atoms with Crippen molar-refractivity contribution in [1.82, 2.24) is 5.32 Å². The van der Waals surface area contributed by atoms with Crippen LogP contribution in [0.1, 0.15) is 34.6 Å². The molecule has 0 aliphatic carbocycles. The van der Waals surface area contributed by atoms with Gasteiger partial charge in [0.1, 0.15) is 0 Å². The van der Waals surface area contributed by atoms with Gasteiger partial charge in [-0.05, 0) is 42.1 Å². The monoisotopic (exact) mass is 302 g/mol. The molecule has 1 amide bonds. The van der Waals surface area contributed by atoms with E-state index in [-0.39, 0.29) is 11.3 Å². The van der Waals surface area contributed by atoms with E-state index in [1.807, 2.05) is 38.2 Å². The Morgan fingerprint density at radius 1 is 1.29 bits per heavy atom. The minimum Gasteiger partial charge on any atom is -0.388 e. The van der Waals surface area contributed by atoms with E-state index in [0.717, 1.165) is 16.8 Å².